The Morgan fingerprint density at radius 2 is 1.74 bits per heavy atom. The van der Waals surface area contributed by atoms with E-state index in [0.717, 1.165) is 17.8 Å². The van der Waals surface area contributed by atoms with Crippen LogP contribution in [0.2, 0.25) is 0 Å². The fourth-order valence-electron chi connectivity index (χ4n) is 3.70. The number of anilines is 1. The maximum Gasteiger partial charge on any atom is 0.295 e. The number of hydrogen-bond acceptors (Lipinski definition) is 6. The fraction of sp³-hybridized carbons (Fsp3) is 0.250. The summed E-state index contributed by atoms with van der Waals surface area (Å²) < 4.78 is 53.5. The van der Waals surface area contributed by atoms with E-state index in [0.29, 0.717) is 30.2 Å². The molecule has 1 aliphatic rings. The van der Waals surface area contributed by atoms with Crippen molar-refractivity contribution >= 4 is 32.3 Å². The Balaban J connectivity index is 1.62. The number of nitro groups is 1. The van der Waals surface area contributed by atoms with Gasteiger partial charge in [0, 0.05) is 49.0 Å². The molecule has 1 aliphatic heterocycles. The van der Waals surface area contributed by atoms with Crippen molar-refractivity contribution in [3.8, 4) is 0 Å². The maximum atomic E-state index is 13.5. The van der Waals surface area contributed by atoms with Gasteiger partial charge < -0.3 is 4.90 Å². The lowest BCUT2D eigenvalue weighted by Crippen LogP contribution is -2.48. The maximum absolute atomic E-state index is 13.5. The van der Waals surface area contributed by atoms with Crippen molar-refractivity contribution in [3.63, 3.8) is 0 Å². The molecule has 0 amide bonds. The fourth-order valence-corrected chi connectivity index (χ4v) is 5.14. The zero-order chi connectivity index (χ0) is 22.3. The zero-order valence-electron chi connectivity index (χ0n) is 16.5. The van der Waals surface area contributed by atoms with Crippen molar-refractivity contribution in [1.29, 1.82) is 0 Å². The average molecular weight is 448 g/mol. The molecule has 0 spiro atoms. The van der Waals surface area contributed by atoms with Crippen LogP contribution in [0.3, 0.4) is 0 Å². The molecule has 0 aliphatic carbocycles. The molecule has 2 aromatic carbocycles. The first kappa shape index (κ1) is 21.1. The number of nitro benzene ring substituents is 1. The van der Waals surface area contributed by atoms with Crippen molar-refractivity contribution in [2.45, 2.75) is 11.8 Å². The summed E-state index contributed by atoms with van der Waals surface area (Å²) in [4.78, 5) is 16.9. The van der Waals surface area contributed by atoms with Gasteiger partial charge in [-0.1, -0.05) is 12.1 Å². The number of sulfonamides is 1. The predicted molar refractivity (Wildman–Crippen MR) is 110 cm³/mol. The van der Waals surface area contributed by atoms with Crippen molar-refractivity contribution in [1.82, 2.24) is 9.29 Å². The molecule has 0 radical (unpaired) electrons. The third kappa shape index (κ3) is 3.81. The Morgan fingerprint density at radius 1 is 1.03 bits per heavy atom. The highest BCUT2D eigenvalue weighted by atomic mass is 32.2. The number of pyridine rings is 1. The van der Waals surface area contributed by atoms with Gasteiger partial charge >= 0.3 is 0 Å². The number of non-ortho nitro benzene ring substituents is 1. The van der Waals surface area contributed by atoms with Crippen LogP contribution in [0.1, 0.15) is 5.69 Å². The van der Waals surface area contributed by atoms with Gasteiger partial charge in [-0.3, -0.25) is 10.1 Å². The standard InChI is InChI=1S/C20H18F2N4O4S/c1-13-11-19(15-3-2-4-18(26(27)28)20(15)23-13)24-7-9-25(10-8-24)31(29,30)14-5-6-16(21)17(22)12-14/h2-6,11-12H,7-10H2,1H3. The first-order chi connectivity index (χ1) is 14.7. The third-order valence-electron chi connectivity index (χ3n) is 5.23. The Kier molecular flexibility index (Phi) is 5.31. The van der Waals surface area contributed by atoms with Crippen molar-refractivity contribution < 1.29 is 22.1 Å². The number of fused-ring (bicyclic) bond motifs is 1. The quantitative estimate of drug-likeness (QED) is 0.449. The topological polar surface area (TPSA) is 96.7 Å². The number of halogens is 2. The molecule has 2 heterocycles. The zero-order valence-corrected chi connectivity index (χ0v) is 17.3. The predicted octanol–water partition coefficient (Wildman–Crippen LogP) is 3.24. The summed E-state index contributed by atoms with van der Waals surface area (Å²) in [6, 6.07) is 9.04. The minimum absolute atomic E-state index is 0.0954. The molecule has 3 aromatic rings. The number of hydrogen-bond donors (Lipinski definition) is 0. The van der Waals surface area contributed by atoms with Gasteiger partial charge in [0.15, 0.2) is 17.2 Å². The van der Waals surface area contributed by atoms with E-state index in [1.807, 2.05) is 11.0 Å². The molecule has 162 valence electrons. The van der Waals surface area contributed by atoms with Crippen LogP contribution in [0.4, 0.5) is 20.2 Å². The van der Waals surface area contributed by atoms with Gasteiger partial charge in [-0.05, 0) is 31.2 Å². The van der Waals surface area contributed by atoms with E-state index < -0.39 is 26.6 Å². The lowest BCUT2D eigenvalue weighted by Gasteiger charge is -2.36. The van der Waals surface area contributed by atoms with E-state index in [1.165, 1.54) is 10.4 Å². The molecule has 31 heavy (non-hydrogen) atoms. The highest BCUT2D eigenvalue weighted by molar-refractivity contribution is 7.89. The smallest absolute Gasteiger partial charge is 0.295 e. The monoisotopic (exact) mass is 448 g/mol. The van der Waals surface area contributed by atoms with Crippen LogP contribution >= 0.6 is 0 Å². The lowest BCUT2D eigenvalue weighted by molar-refractivity contribution is -0.383. The second-order valence-electron chi connectivity index (χ2n) is 7.18. The summed E-state index contributed by atoms with van der Waals surface area (Å²) in [5.41, 5.74) is 1.52. The second kappa shape index (κ2) is 7.82. The van der Waals surface area contributed by atoms with Gasteiger partial charge in [0.05, 0.1) is 9.82 Å². The van der Waals surface area contributed by atoms with Gasteiger partial charge in [0.1, 0.15) is 0 Å². The number of aromatic nitrogens is 1. The van der Waals surface area contributed by atoms with E-state index in [9.17, 15) is 27.3 Å². The van der Waals surface area contributed by atoms with E-state index in [4.69, 9.17) is 0 Å². The molecule has 1 aromatic heterocycles. The Hall–Kier alpha value is -3.18. The molecule has 1 saturated heterocycles. The summed E-state index contributed by atoms with van der Waals surface area (Å²) in [5.74, 6) is -2.34. The first-order valence-corrected chi connectivity index (χ1v) is 10.9. The van der Waals surface area contributed by atoms with E-state index in [-0.39, 0.29) is 29.2 Å². The van der Waals surface area contributed by atoms with E-state index >= 15 is 0 Å². The van der Waals surface area contributed by atoms with Crippen LogP contribution < -0.4 is 4.90 Å². The van der Waals surface area contributed by atoms with Gasteiger partial charge in [0.2, 0.25) is 10.0 Å². The highest BCUT2D eigenvalue weighted by Crippen LogP contribution is 2.33. The second-order valence-corrected chi connectivity index (χ2v) is 9.12. The van der Waals surface area contributed by atoms with E-state index in [1.54, 1.807) is 19.1 Å². The molecule has 0 unspecified atom stereocenters. The molecule has 1 fully saturated rings. The summed E-state index contributed by atoms with van der Waals surface area (Å²) in [7, 11) is -3.98. The molecule has 11 heteroatoms. The Bertz CT molecular complexity index is 1290. The highest BCUT2D eigenvalue weighted by Gasteiger charge is 2.30. The minimum Gasteiger partial charge on any atom is -0.368 e. The summed E-state index contributed by atoms with van der Waals surface area (Å²) in [6.45, 7) is 2.63. The first-order valence-electron chi connectivity index (χ1n) is 9.43. The minimum atomic E-state index is -3.98. The van der Waals surface area contributed by atoms with Gasteiger partial charge in [-0.15, -0.1) is 0 Å². The molecular formula is C20H18F2N4O4S. The summed E-state index contributed by atoms with van der Waals surface area (Å²) >= 11 is 0. The van der Waals surface area contributed by atoms with Crippen molar-refractivity contribution in [2.24, 2.45) is 0 Å². The number of rotatable bonds is 4. The Labute approximate surface area is 176 Å². The molecular weight excluding hydrogens is 430 g/mol. The van der Waals surface area contributed by atoms with Crippen LogP contribution in [-0.4, -0.2) is 48.8 Å². The normalized spacial score (nSPS) is 15.4. The van der Waals surface area contributed by atoms with Crippen LogP contribution in [0.15, 0.2) is 47.4 Å². The van der Waals surface area contributed by atoms with Gasteiger partial charge in [-0.25, -0.2) is 22.2 Å². The molecule has 0 atom stereocenters. The number of nitrogens with zero attached hydrogens (tertiary/aromatic N) is 4. The number of benzene rings is 2. The molecule has 8 nitrogen and oxygen atoms in total. The summed E-state index contributed by atoms with van der Waals surface area (Å²) in [5, 5.41) is 12.0. The van der Waals surface area contributed by atoms with Crippen LogP contribution in [0.5, 0.6) is 0 Å². The average Bonchev–Trinajstić information content (AvgIpc) is 2.74. The third-order valence-corrected chi connectivity index (χ3v) is 7.12. The SMILES string of the molecule is Cc1cc(N2CCN(S(=O)(=O)c3ccc(F)c(F)c3)CC2)c2cccc([N+](=O)[O-])c2n1. The largest absolute Gasteiger partial charge is 0.368 e. The van der Waals surface area contributed by atoms with Crippen LogP contribution in [-0.2, 0) is 10.0 Å². The Morgan fingerprint density at radius 3 is 2.39 bits per heavy atom. The molecule has 0 N–H and O–H groups in total. The lowest BCUT2D eigenvalue weighted by atomic mass is 10.1. The van der Waals surface area contributed by atoms with E-state index in [2.05, 4.69) is 4.98 Å². The van der Waals surface area contributed by atoms with Gasteiger partial charge in [0.25, 0.3) is 5.69 Å². The number of aryl methyl sites for hydroxylation is 1. The van der Waals surface area contributed by atoms with Crippen molar-refractivity contribution in [2.75, 3.05) is 31.1 Å². The summed E-state index contributed by atoms with van der Waals surface area (Å²) in [6.07, 6.45) is 0. The van der Waals surface area contributed by atoms with Crippen LogP contribution in [0.25, 0.3) is 10.9 Å². The number of para-hydroxylation sites is 1. The molecule has 4 rings (SSSR count). The molecule has 0 bridgehead atoms. The van der Waals surface area contributed by atoms with Gasteiger partial charge in [-0.2, -0.15) is 4.31 Å². The van der Waals surface area contributed by atoms with Crippen molar-refractivity contribution in [3.05, 3.63) is 69.9 Å². The van der Waals surface area contributed by atoms with Crippen LogP contribution in [0, 0.1) is 28.7 Å². The molecule has 0 saturated carbocycles. The number of piperazine rings is 1.